The molecule has 2 aromatic rings. The molecule has 2 saturated heterocycles. The van der Waals surface area contributed by atoms with E-state index in [9.17, 15) is 19.7 Å². The molecule has 0 saturated carbocycles. The van der Waals surface area contributed by atoms with Crippen molar-refractivity contribution in [3.63, 3.8) is 0 Å². The number of likely N-dealkylation sites (tertiary alicyclic amines) is 1. The summed E-state index contributed by atoms with van der Waals surface area (Å²) in [5.74, 6) is -0.249. The minimum absolute atomic E-state index is 0.0413. The third kappa shape index (κ3) is 2.72. The highest BCUT2D eigenvalue weighted by Crippen LogP contribution is 2.25. The summed E-state index contributed by atoms with van der Waals surface area (Å²) in [6, 6.07) is 4.39. The van der Waals surface area contributed by atoms with Crippen molar-refractivity contribution in [2.45, 2.75) is 18.9 Å². The second kappa shape index (κ2) is 6.28. The van der Waals surface area contributed by atoms with Gasteiger partial charge in [-0.3, -0.25) is 20.0 Å². The number of hydrogen-bond donors (Lipinski definition) is 2. The Morgan fingerprint density at radius 2 is 2.04 bits per heavy atom. The number of carbonyl (C=O) groups excluding carboxylic acids is 2. The van der Waals surface area contributed by atoms with Crippen LogP contribution in [0.1, 0.15) is 23.3 Å². The van der Waals surface area contributed by atoms with Gasteiger partial charge in [0.05, 0.1) is 10.4 Å². The standard InChI is InChI=1S/C16H18N6O4/c23-15(14-12-9-11(22(25)26)1-2-13(12)18-19-14)20-6-3-10(4-7-20)21-8-5-17-16(21)24/h1-2,9-10H,3-8H2,(H,17,24)(H,18,19). The fourth-order valence-corrected chi connectivity index (χ4v) is 3.64. The number of rotatable bonds is 3. The number of aromatic amines is 1. The summed E-state index contributed by atoms with van der Waals surface area (Å²) in [4.78, 5) is 38.6. The van der Waals surface area contributed by atoms with E-state index in [1.54, 1.807) is 11.0 Å². The molecule has 10 heteroatoms. The Morgan fingerprint density at radius 1 is 1.27 bits per heavy atom. The third-order valence-electron chi connectivity index (χ3n) is 5.04. The van der Waals surface area contributed by atoms with Gasteiger partial charge in [0.2, 0.25) is 0 Å². The van der Waals surface area contributed by atoms with Crippen molar-refractivity contribution >= 4 is 28.5 Å². The maximum atomic E-state index is 12.8. The van der Waals surface area contributed by atoms with Crippen LogP contribution in [0.3, 0.4) is 0 Å². The first-order valence-electron chi connectivity index (χ1n) is 8.51. The number of nitrogens with one attached hydrogen (secondary N) is 2. The number of piperidine rings is 1. The molecule has 2 fully saturated rings. The second-order valence-electron chi connectivity index (χ2n) is 6.51. The van der Waals surface area contributed by atoms with Gasteiger partial charge in [0.15, 0.2) is 5.69 Å². The number of non-ortho nitro benzene ring substituents is 1. The molecule has 3 heterocycles. The van der Waals surface area contributed by atoms with Crippen LogP contribution in [0.4, 0.5) is 10.5 Å². The van der Waals surface area contributed by atoms with Crippen molar-refractivity contribution in [1.29, 1.82) is 0 Å². The lowest BCUT2D eigenvalue weighted by atomic mass is 10.0. The third-order valence-corrected chi connectivity index (χ3v) is 5.04. The van der Waals surface area contributed by atoms with E-state index >= 15 is 0 Å². The Kier molecular flexibility index (Phi) is 3.94. The number of nitro benzene ring substituents is 1. The minimum atomic E-state index is -0.493. The van der Waals surface area contributed by atoms with Crippen LogP contribution in [-0.4, -0.2) is 69.1 Å². The molecule has 0 atom stereocenters. The number of benzene rings is 1. The average Bonchev–Trinajstić information content (AvgIpc) is 3.26. The summed E-state index contributed by atoms with van der Waals surface area (Å²) in [5, 5.41) is 21.0. The van der Waals surface area contributed by atoms with Crippen molar-refractivity contribution in [3.05, 3.63) is 34.0 Å². The number of H-pyrrole nitrogens is 1. The summed E-state index contributed by atoms with van der Waals surface area (Å²) in [6.45, 7) is 2.41. The van der Waals surface area contributed by atoms with Crippen molar-refractivity contribution in [3.8, 4) is 0 Å². The molecule has 0 bridgehead atoms. The van der Waals surface area contributed by atoms with E-state index in [4.69, 9.17) is 0 Å². The quantitative estimate of drug-likeness (QED) is 0.628. The van der Waals surface area contributed by atoms with Crippen molar-refractivity contribution in [2.24, 2.45) is 0 Å². The predicted octanol–water partition coefficient (Wildman–Crippen LogP) is 1.10. The van der Waals surface area contributed by atoms with Crippen molar-refractivity contribution < 1.29 is 14.5 Å². The van der Waals surface area contributed by atoms with Crippen LogP contribution in [0.2, 0.25) is 0 Å². The maximum absolute atomic E-state index is 12.8. The van der Waals surface area contributed by atoms with Gasteiger partial charge in [-0.1, -0.05) is 0 Å². The highest BCUT2D eigenvalue weighted by molar-refractivity contribution is 6.05. The molecule has 0 unspecified atom stereocenters. The zero-order chi connectivity index (χ0) is 18.3. The number of nitro groups is 1. The zero-order valence-corrected chi connectivity index (χ0v) is 14.0. The molecular formula is C16H18N6O4. The molecule has 26 heavy (non-hydrogen) atoms. The molecule has 2 N–H and O–H groups in total. The van der Waals surface area contributed by atoms with E-state index in [0.717, 1.165) is 0 Å². The second-order valence-corrected chi connectivity index (χ2v) is 6.51. The molecule has 3 amide bonds. The van der Waals surface area contributed by atoms with Crippen LogP contribution in [0, 0.1) is 10.1 Å². The highest BCUT2D eigenvalue weighted by atomic mass is 16.6. The monoisotopic (exact) mass is 358 g/mol. The van der Waals surface area contributed by atoms with Crippen LogP contribution in [0.5, 0.6) is 0 Å². The first kappa shape index (κ1) is 16.3. The minimum Gasteiger partial charge on any atom is -0.337 e. The van der Waals surface area contributed by atoms with Gasteiger partial charge >= 0.3 is 6.03 Å². The highest BCUT2D eigenvalue weighted by Gasteiger charge is 2.33. The number of nitrogens with zero attached hydrogens (tertiary/aromatic N) is 4. The Balaban J connectivity index is 1.50. The summed E-state index contributed by atoms with van der Waals surface area (Å²) in [6.07, 6.45) is 1.42. The molecule has 0 spiro atoms. The number of carbonyl (C=O) groups is 2. The molecule has 10 nitrogen and oxygen atoms in total. The van der Waals surface area contributed by atoms with E-state index in [0.29, 0.717) is 49.9 Å². The van der Waals surface area contributed by atoms with Gasteiger partial charge in [0.1, 0.15) is 0 Å². The summed E-state index contributed by atoms with van der Waals surface area (Å²) in [5.41, 5.74) is 0.704. The van der Waals surface area contributed by atoms with Crippen LogP contribution in [0.25, 0.3) is 10.9 Å². The Labute approximate surface area is 148 Å². The van der Waals surface area contributed by atoms with Crippen LogP contribution in [-0.2, 0) is 0 Å². The first-order chi connectivity index (χ1) is 12.5. The molecule has 1 aromatic carbocycles. The lowest BCUT2D eigenvalue weighted by Crippen LogP contribution is -2.47. The topological polar surface area (TPSA) is 124 Å². The fourth-order valence-electron chi connectivity index (χ4n) is 3.64. The van der Waals surface area contributed by atoms with Crippen molar-refractivity contribution in [2.75, 3.05) is 26.2 Å². The van der Waals surface area contributed by atoms with Crippen LogP contribution in [0.15, 0.2) is 18.2 Å². The van der Waals surface area contributed by atoms with Crippen molar-refractivity contribution in [1.82, 2.24) is 25.3 Å². The van der Waals surface area contributed by atoms with Crippen LogP contribution < -0.4 is 5.32 Å². The number of fused-ring (bicyclic) bond motifs is 1. The molecule has 136 valence electrons. The molecule has 1 aromatic heterocycles. The maximum Gasteiger partial charge on any atom is 0.317 e. The first-order valence-corrected chi connectivity index (χ1v) is 8.51. The average molecular weight is 358 g/mol. The molecule has 0 aliphatic carbocycles. The summed E-state index contributed by atoms with van der Waals surface area (Å²) < 4.78 is 0. The smallest absolute Gasteiger partial charge is 0.317 e. The van der Waals surface area contributed by atoms with Gasteiger partial charge < -0.3 is 15.1 Å². The fraction of sp³-hybridized carbons (Fsp3) is 0.438. The molecule has 0 radical (unpaired) electrons. The summed E-state index contributed by atoms with van der Waals surface area (Å²) >= 11 is 0. The Hall–Kier alpha value is -3.17. The SMILES string of the molecule is O=C(c1n[nH]c2ccc([N+](=O)[O-])cc12)N1CCC(N2CCNC2=O)CC1. The zero-order valence-electron chi connectivity index (χ0n) is 14.0. The lowest BCUT2D eigenvalue weighted by Gasteiger charge is -2.35. The molecule has 2 aliphatic rings. The van der Waals surface area contributed by atoms with Gasteiger partial charge in [-0.2, -0.15) is 5.10 Å². The molecular weight excluding hydrogens is 340 g/mol. The number of amides is 3. The van der Waals surface area contributed by atoms with E-state index in [-0.39, 0.29) is 29.4 Å². The van der Waals surface area contributed by atoms with Gasteiger partial charge in [-0.15, -0.1) is 0 Å². The van der Waals surface area contributed by atoms with E-state index in [1.807, 2.05) is 4.90 Å². The van der Waals surface area contributed by atoms with Gasteiger partial charge in [0.25, 0.3) is 11.6 Å². The number of hydrogen-bond acceptors (Lipinski definition) is 5. The van der Waals surface area contributed by atoms with E-state index in [2.05, 4.69) is 15.5 Å². The number of urea groups is 1. The van der Waals surface area contributed by atoms with Gasteiger partial charge in [-0.25, -0.2) is 4.79 Å². The normalized spacial score (nSPS) is 18.4. The number of aromatic nitrogens is 2. The largest absolute Gasteiger partial charge is 0.337 e. The van der Waals surface area contributed by atoms with Gasteiger partial charge in [0, 0.05) is 49.7 Å². The predicted molar refractivity (Wildman–Crippen MR) is 91.8 cm³/mol. The Bertz CT molecular complexity index is 886. The van der Waals surface area contributed by atoms with E-state index < -0.39 is 4.92 Å². The molecule has 4 rings (SSSR count). The lowest BCUT2D eigenvalue weighted by molar-refractivity contribution is -0.384. The van der Waals surface area contributed by atoms with E-state index in [1.165, 1.54) is 12.1 Å². The van der Waals surface area contributed by atoms with Crippen LogP contribution >= 0.6 is 0 Å². The van der Waals surface area contributed by atoms with Gasteiger partial charge in [-0.05, 0) is 18.9 Å². The molecule has 2 aliphatic heterocycles. The Morgan fingerprint density at radius 3 is 2.69 bits per heavy atom. The summed E-state index contributed by atoms with van der Waals surface area (Å²) in [7, 11) is 0.